The summed E-state index contributed by atoms with van der Waals surface area (Å²) in [4.78, 5) is 18.1. The van der Waals surface area contributed by atoms with Crippen molar-refractivity contribution in [1.82, 2.24) is 15.3 Å². The Morgan fingerprint density at radius 1 is 1.38 bits per heavy atom. The predicted molar refractivity (Wildman–Crippen MR) is 80.3 cm³/mol. The minimum absolute atomic E-state index is 0.0962. The number of H-pyrrole nitrogens is 1. The van der Waals surface area contributed by atoms with Gasteiger partial charge in [0.1, 0.15) is 10.8 Å². The zero-order valence-electron chi connectivity index (χ0n) is 11.3. The molecule has 110 valence electrons. The van der Waals surface area contributed by atoms with E-state index in [1.165, 1.54) is 25.0 Å². The average Bonchev–Trinajstić information content (AvgIpc) is 2.98. The van der Waals surface area contributed by atoms with Gasteiger partial charge in [-0.1, -0.05) is 24.1 Å². The van der Waals surface area contributed by atoms with E-state index in [9.17, 15) is 10.1 Å². The number of nitrogens with one attached hydrogen (secondary N) is 2. The Balaban J connectivity index is 1.89. The molecule has 21 heavy (non-hydrogen) atoms. The van der Waals surface area contributed by atoms with Crippen LogP contribution in [0.25, 0.3) is 11.3 Å². The first-order chi connectivity index (χ1) is 10.1. The maximum Gasteiger partial charge on any atom is 0.288 e. The van der Waals surface area contributed by atoms with E-state index >= 15 is 0 Å². The van der Waals surface area contributed by atoms with E-state index < -0.39 is 4.92 Å². The number of piperidine rings is 1. The fourth-order valence-corrected chi connectivity index (χ4v) is 2.75. The summed E-state index contributed by atoms with van der Waals surface area (Å²) in [5.41, 5.74) is 1.37. The Kier molecular flexibility index (Phi) is 3.90. The van der Waals surface area contributed by atoms with Crippen molar-refractivity contribution in [3.05, 3.63) is 45.4 Å². The highest BCUT2D eigenvalue weighted by Gasteiger charge is 2.19. The number of benzene rings is 1. The molecular weight excluding hydrogens is 292 g/mol. The second-order valence-corrected chi connectivity index (χ2v) is 5.52. The molecule has 2 aromatic rings. The smallest absolute Gasteiger partial charge is 0.288 e. The standard InChI is InChI=1S/C14H15ClN4O2/c15-10-5-4-9(7-13(10)19(20)21)12-8-17-14(18-12)11-3-1-2-6-16-11/h4-5,7-8,11,16H,1-3,6H2,(H,17,18). The Hall–Kier alpha value is -1.92. The molecule has 2 heterocycles. The zero-order chi connectivity index (χ0) is 14.8. The van der Waals surface area contributed by atoms with Crippen molar-refractivity contribution in [3.8, 4) is 11.3 Å². The van der Waals surface area contributed by atoms with Crippen LogP contribution in [0.3, 0.4) is 0 Å². The van der Waals surface area contributed by atoms with Crippen LogP contribution in [0.2, 0.25) is 5.02 Å². The van der Waals surface area contributed by atoms with Gasteiger partial charge in [0, 0.05) is 11.6 Å². The topological polar surface area (TPSA) is 83.8 Å². The summed E-state index contributed by atoms with van der Waals surface area (Å²) < 4.78 is 0. The molecule has 1 aliphatic rings. The third-order valence-corrected chi connectivity index (χ3v) is 4.01. The van der Waals surface area contributed by atoms with Gasteiger partial charge in [0.25, 0.3) is 5.69 Å². The van der Waals surface area contributed by atoms with Crippen LogP contribution in [0.15, 0.2) is 24.4 Å². The van der Waals surface area contributed by atoms with Crippen molar-refractivity contribution in [2.24, 2.45) is 0 Å². The Bertz CT molecular complexity index is 665. The van der Waals surface area contributed by atoms with E-state index in [4.69, 9.17) is 11.6 Å². The van der Waals surface area contributed by atoms with Crippen molar-refractivity contribution in [1.29, 1.82) is 0 Å². The third kappa shape index (κ3) is 2.91. The zero-order valence-corrected chi connectivity index (χ0v) is 12.1. The van der Waals surface area contributed by atoms with Crippen LogP contribution < -0.4 is 5.32 Å². The fourth-order valence-electron chi connectivity index (χ4n) is 2.57. The summed E-state index contributed by atoms with van der Waals surface area (Å²) in [6, 6.07) is 4.98. The molecule has 3 rings (SSSR count). The SMILES string of the molecule is O=[N+]([O-])c1cc(-c2cnc(C3CCCCN3)[nH]2)ccc1Cl. The van der Waals surface area contributed by atoms with Gasteiger partial charge in [0.2, 0.25) is 0 Å². The maximum absolute atomic E-state index is 10.9. The molecule has 1 aromatic carbocycles. The van der Waals surface area contributed by atoms with E-state index in [1.54, 1.807) is 12.3 Å². The quantitative estimate of drug-likeness (QED) is 0.672. The van der Waals surface area contributed by atoms with E-state index in [1.807, 2.05) is 0 Å². The number of hydrogen-bond donors (Lipinski definition) is 2. The molecule has 2 N–H and O–H groups in total. The van der Waals surface area contributed by atoms with Crippen molar-refractivity contribution in [2.45, 2.75) is 25.3 Å². The number of nitrogens with zero attached hydrogens (tertiary/aromatic N) is 2. The van der Waals surface area contributed by atoms with Crippen molar-refractivity contribution in [2.75, 3.05) is 6.54 Å². The van der Waals surface area contributed by atoms with E-state index in [0.717, 1.165) is 24.5 Å². The lowest BCUT2D eigenvalue weighted by Crippen LogP contribution is -2.27. The summed E-state index contributed by atoms with van der Waals surface area (Å²) in [5, 5.41) is 14.5. The molecule has 1 fully saturated rings. The highest BCUT2D eigenvalue weighted by atomic mass is 35.5. The van der Waals surface area contributed by atoms with Crippen LogP contribution in [0.5, 0.6) is 0 Å². The summed E-state index contributed by atoms with van der Waals surface area (Å²) >= 11 is 5.83. The lowest BCUT2D eigenvalue weighted by Gasteiger charge is -2.21. The molecular formula is C14H15ClN4O2. The first-order valence-corrected chi connectivity index (χ1v) is 7.25. The summed E-state index contributed by atoms with van der Waals surface area (Å²) in [7, 11) is 0. The van der Waals surface area contributed by atoms with Crippen LogP contribution in [0, 0.1) is 10.1 Å². The lowest BCUT2D eigenvalue weighted by molar-refractivity contribution is -0.384. The highest BCUT2D eigenvalue weighted by molar-refractivity contribution is 6.32. The van der Waals surface area contributed by atoms with Gasteiger partial charge in [-0.2, -0.15) is 0 Å². The minimum atomic E-state index is -0.480. The van der Waals surface area contributed by atoms with Crippen LogP contribution in [-0.4, -0.2) is 21.4 Å². The largest absolute Gasteiger partial charge is 0.341 e. The maximum atomic E-state index is 10.9. The molecule has 1 aliphatic heterocycles. The number of halogens is 1. The van der Waals surface area contributed by atoms with Crippen LogP contribution in [0.1, 0.15) is 31.1 Å². The van der Waals surface area contributed by atoms with Gasteiger partial charge in [-0.15, -0.1) is 0 Å². The van der Waals surface area contributed by atoms with Gasteiger partial charge in [-0.05, 0) is 25.5 Å². The minimum Gasteiger partial charge on any atom is -0.341 e. The molecule has 0 spiro atoms. The number of imidazole rings is 1. The monoisotopic (exact) mass is 306 g/mol. The van der Waals surface area contributed by atoms with E-state index in [0.29, 0.717) is 5.56 Å². The number of hydrogen-bond acceptors (Lipinski definition) is 4. The number of nitro groups is 1. The molecule has 0 radical (unpaired) electrons. The van der Waals surface area contributed by atoms with Gasteiger partial charge in [-0.3, -0.25) is 10.1 Å². The van der Waals surface area contributed by atoms with Crippen molar-refractivity contribution < 1.29 is 4.92 Å². The first kappa shape index (κ1) is 14.0. The molecule has 1 atom stereocenters. The fraction of sp³-hybridized carbons (Fsp3) is 0.357. The number of aromatic amines is 1. The number of aromatic nitrogens is 2. The summed E-state index contributed by atoms with van der Waals surface area (Å²) in [6.45, 7) is 0.993. The van der Waals surface area contributed by atoms with Crippen molar-refractivity contribution in [3.63, 3.8) is 0 Å². The molecule has 6 nitrogen and oxygen atoms in total. The third-order valence-electron chi connectivity index (χ3n) is 3.69. The lowest BCUT2D eigenvalue weighted by atomic mass is 10.0. The molecule has 0 saturated carbocycles. The number of rotatable bonds is 3. The van der Waals surface area contributed by atoms with E-state index in [2.05, 4.69) is 15.3 Å². The molecule has 0 amide bonds. The summed E-state index contributed by atoms with van der Waals surface area (Å²) in [5.74, 6) is 0.877. The Morgan fingerprint density at radius 2 is 2.24 bits per heavy atom. The van der Waals surface area contributed by atoms with Gasteiger partial charge < -0.3 is 10.3 Å². The highest BCUT2D eigenvalue weighted by Crippen LogP contribution is 2.30. The molecule has 0 bridgehead atoms. The molecule has 1 unspecified atom stereocenters. The van der Waals surface area contributed by atoms with Crippen LogP contribution >= 0.6 is 11.6 Å². The molecule has 1 aromatic heterocycles. The molecule has 0 aliphatic carbocycles. The average molecular weight is 307 g/mol. The summed E-state index contributed by atoms with van der Waals surface area (Å²) in [6.07, 6.45) is 5.12. The van der Waals surface area contributed by atoms with Crippen molar-refractivity contribution >= 4 is 17.3 Å². The van der Waals surface area contributed by atoms with Gasteiger partial charge in [-0.25, -0.2) is 4.98 Å². The normalized spacial score (nSPS) is 18.6. The second-order valence-electron chi connectivity index (χ2n) is 5.11. The molecule has 1 saturated heterocycles. The second kappa shape index (κ2) is 5.83. The number of nitro benzene ring substituents is 1. The van der Waals surface area contributed by atoms with Crippen LogP contribution in [-0.2, 0) is 0 Å². The molecule has 7 heteroatoms. The van der Waals surface area contributed by atoms with Gasteiger partial charge >= 0.3 is 0 Å². The van der Waals surface area contributed by atoms with Gasteiger partial charge in [0.15, 0.2) is 0 Å². The Morgan fingerprint density at radius 3 is 2.95 bits per heavy atom. The first-order valence-electron chi connectivity index (χ1n) is 6.88. The Labute approximate surface area is 126 Å². The van der Waals surface area contributed by atoms with Gasteiger partial charge in [0.05, 0.1) is 22.9 Å². The van der Waals surface area contributed by atoms with E-state index in [-0.39, 0.29) is 16.8 Å². The predicted octanol–water partition coefficient (Wildman–Crippen LogP) is 3.45. The van der Waals surface area contributed by atoms with Crippen LogP contribution in [0.4, 0.5) is 5.69 Å².